The van der Waals surface area contributed by atoms with Crippen LogP contribution in [-0.2, 0) is 13.6 Å². The highest BCUT2D eigenvalue weighted by Crippen LogP contribution is 2.31. The first kappa shape index (κ1) is 13.4. The van der Waals surface area contributed by atoms with Crippen molar-refractivity contribution in [1.82, 2.24) is 20.0 Å². The van der Waals surface area contributed by atoms with Crippen LogP contribution in [0.15, 0.2) is 0 Å². The Labute approximate surface area is 120 Å². The van der Waals surface area contributed by atoms with Crippen molar-refractivity contribution < 1.29 is 0 Å². The van der Waals surface area contributed by atoms with E-state index >= 15 is 0 Å². The van der Waals surface area contributed by atoms with Gasteiger partial charge in [0.25, 0.3) is 0 Å². The van der Waals surface area contributed by atoms with Crippen LogP contribution < -0.4 is 5.32 Å². The van der Waals surface area contributed by atoms with E-state index in [-0.39, 0.29) is 0 Å². The minimum atomic E-state index is 0.663. The molecule has 0 aromatic carbocycles. The predicted octanol–water partition coefficient (Wildman–Crippen LogP) is 2.10. The molecule has 0 amide bonds. The second-order valence-electron chi connectivity index (χ2n) is 5.93. The second kappa shape index (κ2) is 5.43. The van der Waals surface area contributed by atoms with Gasteiger partial charge in [0.2, 0.25) is 0 Å². The molecule has 1 saturated carbocycles. The third kappa shape index (κ3) is 2.96. The maximum absolute atomic E-state index is 6.36. The Morgan fingerprint density at radius 2 is 2.21 bits per heavy atom. The van der Waals surface area contributed by atoms with Gasteiger partial charge in [-0.2, -0.15) is 5.10 Å². The Balaban J connectivity index is 1.70. The third-order valence-electron chi connectivity index (χ3n) is 4.31. The summed E-state index contributed by atoms with van der Waals surface area (Å²) < 4.78 is 1.78. The van der Waals surface area contributed by atoms with Gasteiger partial charge >= 0.3 is 0 Å². The zero-order chi connectivity index (χ0) is 13.4. The minimum absolute atomic E-state index is 0.663. The molecule has 1 aliphatic carbocycles. The van der Waals surface area contributed by atoms with Gasteiger partial charge in [-0.1, -0.05) is 11.6 Å². The van der Waals surface area contributed by atoms with Crippen LogP contribution in [-0.4, -0.2) is 39.9 Å². The van der Waals surface area contributed by atoms with Crippen LogP contribution in [0.1, 0.15) is 36.9 Å². The molecule has 1 aromatic heterocycles. The van der Waals surface area contributed by atoms with Gasteiger partial charge in [0.05, 0.1) is 5.69 Å². The fraction of sp³-hybridized carbons (Fsp3) is 0.786. The lowest BCUT2D eigenvalue weighted by atomic mass is 10.2. The Morgan fingerprint density at radius 3 is 2.74 bits per heavy atom. The van der Waals surface area contributed by atoms with E-state index in [9.17, 15) is 0 Å². The molecule has 2 heterocycles. The van der Waals surface area contributed by atoms with Crippen molar-refractivity contribution in [2.24, 2.45) is 7.05 Å². The van der Waals surface area contributed by atoms with Crippen molar-refractivity contribution in [2.45, 2.75) is 51.2 Å². The van der Waals surface area contributed by atoms with E-state index in [1.165, 1.54) is 37.8 Å². The molecule has 1 aromatic rings. The first-order valence-electron chi connectivity index (χ1n) is 7.30. The monoisotopic (exact) mass is 282 g/mol. The average molecular weight is 283 g/mol. The van der Waals surface area contributed by atoms with Crippen LogP contribution in [0.3, 0.4) is 0 Å². The first-order valence-corrected chi connectivity index (χ1v) is 7.68. The number of hydrogen-bond donors (Lipinski definition) is 1. The number of nitrogens with zero attached hydrogens (tertiary/aromatic N) is 3. The van der Waals surface area contributed by atoms with Crippen molar-refractivity contribution in [2.75, 3.05) is 13.1 Å². The van der Waals surface area contributed by atoms with Gasteiger partial charge in [0.15, 0.2) is 0 Å². The van der Waals surface area contributed by atoms with Crippen molar-refractivity contribution in [3.63, 3.8) is 0 Å². The van der Waals surface area contributed by atoms with Crippen LogP contribution in [0.25, 0.3) is 0 Å². The highest BCUT2D eigenvalue weighted by molar-refractivity contribution is 6.30. The number of halogens is 1. The van der Waals surface area contributed by atoms with Crippen LogP contribution >= 0.6 is 11.6 Å². The molecular weight excluding hydrogens is 260 g/mol. The highest BCUT2D eigenvalue weighted by atomic mass is 35.5. The molecule has 19 heavy (non-hydrogen) atoms. The summed E-state index contributed by atoms with van der Waals surface area (Å²) in [4.78, 5) is 2.60. The largest absolute Gasteiger partial charge is 0.313 e. The van der Waals surface area contributed by atoms with Crippen LogP contribution in [0.5, 0.6) is 0 Å². The molecule has 3 rings (SSSR count). The normalized spacial score (nSPS) is 23.5. The zero-order valence-electron chi connectivity index (χ0n) is 11.8. The van der Waals surface area contributed by atoms with Gasteiger partial charge in [-0.15, -0.1) is 0 Å². The number of aromatic nitrogens is 2. The van der Waals surface area contributed by atoms with Gasteiger partial charge in [0, 0.05) is 37.8 Å². The van der Waals surface area contributed by atoms with E-state index in [2.05, 4.69) is 22.2 Å². The van der Waals surface area contributed by atoms with Gasteiger partial charge in [0.1, 0.15) is 5.15 Å². The predicted molar refractivity (Wildman–Crippen MR) is 77.4 cm³/mol. The fourth-order valence-corrected chi connectivity index (χ4v) is 3.27. The molecule has 2 fully saturated rings. The lowest BCUT2D eigenvalue weighted by molar-refractivity contribution is 0.231. The molecule has 1 saturated heterocycles. The summed E-state index contributed by atoms with van der Waals surface area (Å²) in [5.41, 5.74) is 2.27. The summed E-state index contributed by atoms with van der Waals surface area (Å²) in [6.45, 7) is 5.33. The standard InChI is InChI=1S/C14H23ClN4/c1-10-13(14(15)18(2)17-10)9-19(12-5-6-12)8-11-4-3-7-16-11/h11-12,16H,3-9H2,1-2H3. The number of rotatable bonds is 5. The minimum Gasteiger partial charge on any atom is -0.313 e. The molecule has 5 heteroatoms. The third-order valence-corrected chi connectivity index (χ3v) is 4.78. The van der Waals surface area contributed by atoms with E-state index < -0.39 is 0 Å². The van der Waals surface area contributed by atoms with E-state index in [1.807, 2.05) is 7.05 Å². The smallest absolute Gasteiger partial charge is 0.131 e. The molecule has 1 aliphatic heterocycles. The van der Waals surface area contributed by atoms with Gasteiger partial charge in [-0.3, -0.25) is 9.58 Å². The lowest BCUT2D eigenvalue weighted by Crippen LogP contribution is -2.38. The second-order valence-corrected chi connectivity index (χ2v) is 6.29. The summed E-state index contributed by atoms with van der Waals surface area (Å²) in [5.74, 6) is 0. The van der Waals surface area contributed by atoms with Gasteiger partial charge in [-0.05, 0) is 39.2 Å². The Bertz CT molecular complexity index is 447. The van der Waals surface area contributed by atoms with Crippen LogP contribution in [0.4, 0.5) is 0 Å². The van der Waals surface area contributed by atoms with Crippen LogP contribution in [0, 0.1) is 6.92 Å². The summed E-state index contributed by atoms with van der Waals surface area (Å²) >= 11 is 6.36. The fourth-order valence-electron chi connectivity index (χ4n) is 3.03. The van der Waals surface area contributed by atoms with E-state index in [4.69, 9.17) is 11.6 Å². The topological polar surface area (TPSA) is 33.1 Å². The number of nitrogens with one attached hydrogen (secondary N) is 1. The average Bonchev–Trinajstić information content (AvgIpc) is 3.05. The lowest BCUT2D eigenvalue weighted by Gasteiger charge is -2.25. The Hall–Kier alpha value is -0.580. The molecule has 4 nitrogen and oxygen atoms in total. The molecule has 2 aliphatic rings. The molecule has 0 spiro atoms. The van der Waals surface area contributed by atoms with Gasteiger partial charge < -0.3 is 5.32 Å². The summed E-state index contributed by atoms with van der Waals surface area (Å²) in [6, 6.07) is 1.43. The summed E-state index contributed by atoms with van der Waals surface area (Å²) in [5, 5.41) is 8.81. The molecule has 106 valence electrons. The molecule has 1 N–H and O–H groups in total. The van der Waals surface area contributed by atoms with Gasteiger partial charge in [-0.25, -0.2) is 0 Å². The summed E-state index contributed by atoms with van der Waals surface area (Å²) in [6.07, 6.45) is 5.30. The number of aryl methyl sites for hydroxylation is 2. The van der Waals surface area contributed by atoms with E-state index in [1.54, 1.807) is 4.68 Å². The van der Waals surface area contributed by atoms with Crippen molar-refractivity contribution in [3.8, 4) is 0 Å². The van der Waals surface area contributed by atoms with E-state index in [0.29, 0.717) is 6.04 Å². The maximum Gasteiger partial charge on any atom is 0.131 e. The first-order chi connectivity index (χ1) is 9.15. The molecule has 1 atom stereocenters. The highest BCUT2D eigenvalue weighted by Gasteiger charge is 2.32. The van der Waals surface area contributed by atoms with Crippen molar-refractivity contribution in [3.05, 3.63) is 16.4 Å². The summed E-state index contributed by atoms with van der Waals surface area (Å²) in [7, 11) is 1.92. The van der Waals surface area contributed by atoms with Crippen molar-refractivity contribution in [1.29, 1.82) is 0 Å². The number of hydrogen-bond acceptors (Lipinski definition) is 3. The molecule has 1 unspecified atom stereocenters. The van der Waals surface area contributed by atoms with E-state index in [0.717, 1.165) is 30.0 Å². The van der Waals surface area contributed by atoms with Crippen molar-refractivity contribution >= 4 is 11.6 Å². The zero-order valence-corrected chi connectivity index (χ0v) is 12.6. The molecule has 0 radical (unpaired) electrons. The Morgan fingerprint density at radius 1 is 1.42 bits per heavy atom. The molecular formula is C14H23ClN4. The maximum atomic E-state index is 6.36. The quantitative estimate of drug-likeness (QED) is 0.898. The SMILES string of the molecule is Cc1nn(C)c(Cl)c1CN(CC1CCCN1)C1CC1. The molecule has 0 bridgehead atoms. The van der Waals surface area contributed by atoms with Crippen LogP contribution in [0.2, 0.25) is 5.15 Å². The Kier molecular flexibility index (Phi) is 3.83.